The molecule has 21 heavy (non-hydrogen) atoms. The number of halogens is 3. The van der Waals surface area contributed by atoms with Crippen LogP contribution in [0.15, 0.2) is 0 Å². The van der Waals surface area contributed by atoms with Gasteiger partial charge >= 0.3 is 6.18 Å². The van der Waals surface area contributed by atoms with Crippen LogP contribution in [0.3, 0.4) is 0 Å². The summed E-state index contributed by atoms with van der Waals surface area (Å²) in [5, 5.41) is 9.29. The predicted molar refractivity (Wildman–Crippen MR) is 77.6 cm³/mol. The summed E-state index contributed by atoms with van der Waals surface area (Å²) >= 11 is 0. The number of nitrogens with zero attached hydrogens (tertiary/aromatic N) is 2. The molecule has 1 rings (SSSR count). The molecule has 3 unspecified atom stereocenters. The lowest BCUT2D eigenvalue weighted by Gasteiger charge is -2.45. The average Bonchev–Trinajstić information content (AvgIpc) is 2.43. The normalized spacial score (nSPS) is 27.7. The topological polar surface area (TPSA) is 27.0 Å². The Morgan fingerprint density at radius 2 is 1.81 bits per heavy atom. The molecule has 1 saturated carbocycles. The molecule has 3 atom stereocenters. The molecule has 1 aliphatic rings. The molecule has 0 aromatic carbocycles. The van der Waals surface area contributed by atoms with E-state index in [0.717, 1.165) is 12.8 Å². The third-order valence-electron chi connectivity index (χ3n) is 5.26. The summed E-state index contributed by atoms with van der Waals surface area (Å²) in [6, 6.07) is 1.96. The van der Waals surface area contributed by atoms with E-state index in [1.807, 2.05) is 0 Å². The van der Waals surface area contributed by atoms with Gasteiger partial charge in [0.2, 0.25) is 0 Å². The van der Waals surface area contributed by atoms with E-state index in [0.29, 0.717) is 25.3 Å². The number of rotatable bonds is 5. The molecule has 0 amide bonds. The minimum Gasteiger partial charge on any atom is -0.291 e. The van der Waals surface area contributed by atoms with E-state index in [9.17, 15) is 18.4 Å². The monoisotopic (exact) mass is 304 g/mol. The molecule has 0 N–H and O–H groups in total. The van der Waals surface area contributed by atoms with E-state index in [1.165, 1.54) is 4.90 Å². The molecule has 1 fully saturated rings. The second-order valence-corrected chi connectivity index (χ2v) is 6.83. The Balaban J connectivity index is 2.90. The highest BCUT2D eigenvalue weighted by atomic mass is 19.4. The molecule has 0 bridgehead atoms. The fraction of sp³-hybridized carbons (Fsp3) is 0.938. The molecule has 122 valence electrons. The van der Waals surface area contributed by atoms with Gasteiger partial charge in [-0.2, -0.15) is 18.4 Å². The van der Waals surface area contributed by atoms with Crippen molar-refractivity contribution in [1.82, 2.24) is 4.90 Å². The van der Waals surface area contributed by atoms with Gasteiger partial charge in [0.05, 0.1) is 18.5 Å². The third kappa shape index (κ3) is 4.88. The Labute approximate surface area is 126 Å². The highest BCUT2D eigenvalue weighted by Gasteiger charge is 2.42. The van der Waals surface area contributed by atoms with Gasteiger partial charge < -0.3 is 0 Å². The van der Waals surface area contributed by atoms with E-state index >= 15 is 0 Å². The van der Waals surface area contributed by atoms with Gasteiger partial charge in [-0.3, -0.25) is 4.90 Å². The van der Waals surface area contributed by atoms with Crippen molar-refractivity contribution in [3.8, 4) is 6.07 Å². The first-order valence-electron chi connectivity index (χ1n) is 7.85. The van der Waals surface area contributed by atoms with Crippen LogP contribution in [0.25, 0.3) is 0 Å². The second-order valence-electron chi connectivity index (χ2n) is 6.83. The highest BCUT2D eigenvalue weighted by molar-refractivity contribution is 5.00. The van der Waals surface area contributed by atoms with Gasteiger partial charge in [0.1, 0.15) is 0 Å². The Morgan fingerprint density at radius 3 is 2.24 bits per heavy atom. The van der Waals surface area contributed by atoms with Gasteiger partial charge in [-0.25, -0.2) is 0 Å². The summed E-state index contributed by atoms with van der Waals surface area (Å²) in [4.78, 5) is 1.45. The Morgan fingerprint density at radius 1 is 1.19 bits per heavy atom. The van der Waals surface area contributed by atoms with Crippen molar-refractivity contribution in [2.75, 3.05) is 13.1 Å². The molecule has 0 radical (unpaired) electrons. The van der Waals surface area contributed by atoms with Crippen molar-refractivity contribution in [1.29, 1.82) is 5.26 Å². The molecule has 0 spiro atoms. The Bertz CT molecular complexity index is 371. The van der Waals surface area contributed by atoms with Gasteiger partial charge in [0.15, 0.2) is 0 Å². The standard InChI is InChI=1S/C16H27F3N2/c1-5-15(3,4)13-8-7-12(10-20)14(9-13)21(6-2)11-16(17,18)19/h12-14H,5-9,11H2,1-4H3. The quantitative estimate of drug-likeness (QED) is 0.741. The Hall–Kier alpha value is -0.760. The Kier molecular flexibility index (Phi) is 6.10. The summed E-state index contributed by atoms with van der Waals surface area (Å²) in [5.41, 5.74) is 0.121. The van der Waals surface area contributed by atoms with Gasteiger partial charge in [-0.05, 0) is 37.1 Å². The summed E-state index contributed by atoms with van der Waals surface area (Å²) < 4.78 is 38.3. The van der Waals surface area contributed by atoms with Gasteiger partial charge in [0, 0.05) is 6.04 Å². The van der Waals surface area contributed by atoms with Crippen molar-refractivity contribution in [3.63, 3.8) is 0 Å². The predicted octanol–water partition coefficient (Wildman–Crippen LogP) is 4.62. The van der Waals surface area contributed by atoms with Crippen molar-refractivity contribution in [2.45, 2.75) is 65.6 Å². The van der Waals surface area contributed by atoms with E-state index in [4.69, 9.17) is 0 Å². The summed E-state index contributed by atoms with van der Waals surface area (Å²) in [7, 11) is 0. The first-order chi connectivity index (χ1) is 9.64. The molecular weight excluding hydrogens is 277 g/mol. The van der Waals surface area contributed by atoms with Crippen LogP contribution >= 0.6 is 0 Å². The third-order valence-corrected chi connectivity index (χ3v) is 5.26. The molecule has 0 aromatic rings. The number of nitriles is 1. The van der Waals surface area contributed by atoms with E-state index in [1.54, 1.807) is 6.92 Å². The molecule has 2 nitrogen and oxygen atoms in total. The minimum absolute atomic E-state index is 0.121. The average molecular weight is 304 g/mol. The lowest BCUT2D eigenvalue weighted by atomic mass is 9.66. The zero-order valence-corrected chi connectivity index (χ0v) is 13.5. The lowest BCUT2D eigenvalue weighted by molar-refractivity contribution is -0.154. The zero-order chi connectivity index (χ0) is 16.3. The van der Waals surface area contributed by atoms with Crippen LogP contribution in [0.1, 0.15) is 53.4 Å². The van der Waals surface area contributed by atoms with E-state index in [2.05, 4.69) is 26.8 Å². The van der Waals surface area contributed by atoms with Crippen LogP contribution in [0.2, 0.25) is 0 Å². The van der Waals surface area contributed by atoms with Crippen molar-refractivity contribution < 1.29 is 13.2 Å². The molecule has 0 aliphatic heterocycles. The van der Waals surface area contributed by atoms with E-state index in [-0.39, 0.29) is 17.4 Å². The van der Waals surface area contributed by atoms with Crippen LogP contribution in [0.4, 0.5) is 13.2 Å². The van der Waals surface area contributed by atoms with Crippen LogP contribution < -0.4 is 0 Å². The van der Waals surface area contributed by atoms with Crippen LogP contribution in [0, 0.1) is 28.6 Å². The fourth-order valence-corrected chi connectivity index (χ4v) is 3.39. The molecule has 5 heteroatoms. The SMILES string of the molecule is CCN(CC(F)(F)F)C1CC(C(C)(C)CC)CCC1C#N. The van der Waals surface area contributed by atoms with Crippen molar-refractivity contribution in [3.05, 3.63) is 0 Å². The maximum atomic E-state index is 12.8. The van der Waals surface area contributed by atoms with Crippen molar-refractivity contribution >= 4 is 0 Å². The van der Waals surface area contributed by atoms with Crippen LogP contribution in [-0.2, 0) is 0 Å². The summed E-state index contributed by atoms with van der Waals surface area (Å²) in [6.45, 7) is 7.66. The molecular formula is C16H27F3N2. The smallest absolute Gasteiger partial charge is 0.291 e. The van der Waals surface area contributed by atoms with Crippen LogP contribution in [0.5, 0.6) is 0 Å². The molecule has 0 aromatic heterocycles. The highest BCUT2D eigenvalue weighted by Crippen LogP contribution is 2.43. The molecule has 1 aliphatic carbocycles. The first kappa shape index (κ1) is 18.3. The van der Waals surface area contributed by atoms with Crippen molar-refractivity contribution in [2.24, 2.45) is 17.3 Å². The molecule has 0 heterocycles. The molecule has 0 saturated heterocycles. The van der Waals surface area contributed by atoms with Crippen LogP contribution in [-0.4, -0.2) is 30.2 Å². The summed E-state index contributed by atoms with van der Waals surface area (Å²) in [6.07, 6.45) is -0.845. The van der Waals surface area contributed by atoms with Gasteiger partial charge in [0.25, 0.3) is 0 Å². The number of alkyl halides is 3. The summed E-state index contributed by atoms with van der Waals surface area (Å²) in [5.74, 6) is 0.107. The number of hydrogen-bond donors (Lipinski definition) is 0. The lowest BCUT2D eigenvalue weighted by Crippen LogP contribution is -2.49. The van der Waals surface area contributed by atoms with Gasteiger partial charge in [-0.15, -0.1) is 0 Å². The maximum Gasteiger partial charge on any atom is 0.401 e. The number of hydrogen-bond acceptors (Lipinski definition) is 2. The first-order valence-corrected chi connectivity index (χ1v) is 7.85. The fourth-order valence-electron chi connectivity index (χ4n) is 3.39. The largest absolute Gasteiger partial charge is 0.401 e. The van der Waals surface area contributed by atoms with Gasteiger partial charge in [-0.1, -0.05) is 34.1 Å². The minimum atomic E-state index is -4.21. The maximum absolute atomic E-state index is 12.8. The second kappa shape index (κ2) is 7.00. The van der Waals surface area contributed by atoms with E-state index < -0.39 is 12.7 Å². The zero-order valence-electron chi connectivity index (χ0n) is 13.5.